The number of aryl methyl sites for hydroxylation is 3. The lowest BCUT2D eigenvalue weighted by Crippen LogP contribution is -2.00. The third kappa shape index (κ3) is 1.48. The summed E-state index contributed by atoms with van der Waals surface area (Å²) in [7, 11) is 1.65. The minimum Gasteiger partial charge on any atom is -0.478 e. The zero-order valence-electron chi connectivity index (χ0n) is 9.18. The molecular formula is C10H11N3O3. The maximum absolute atomic E-state index is 11.0. The van der Waals surface area contributed by atoms with Crippen molar-refractivity contribution in [2.45, 2.75) is 13.8 Å². The fourth-order valence-corrected chi connectivity index (χ4v) is 1.42. The first-order valence-corrected chi connectivity index (χ1v) is 4.70. The largest absolute Gasteiger partial charge is 0.478 e. The Hall–Kier alpha value is -2.11. The van der Waals surface area contributed by atoms with Gasteiger partial charge in [-0.15, -0.1) is 0 Å². The Balaban J connectivity index is 2.63. The molecule has 0 radical (unpaired) electrons. The van der Waals surface area contributed by atoms with Gasteiger partial charge in [0.2, 0.25) is 5.89 Å². The van der Waals surface area contributed by atoms with Gasteiger partial charge in [0.25, 0.3) is 0 Å². The molecule has 0 saturated heterocycles. The van der Waals surface area contributed by atoms with E-state index in [1.165, 1.54) is 10.9 Å². The highest BCUT2D eigenvalue weighted by atomic mass is 16.4. The molecule has 16 heavy (non-hydrogen) atoms. The lowest BCUT2D eigenvalue weighted by molar-refractivity contribution is 0.0697. The Morgan fingerprint density at radius 1 is 1.50 bits per heavy atom. The van der Waals surface area contributed by atoms with Crippen LogP contribution in [0.15, 0.2) is 10.6 Å². The number of aromatic nitrogens is 3. The predicted molar refractivity (Wildman–Crippen MR) is 55.1 cm³/mol. The van der Waals surface area contributed by atoms with E-state index in [4.69, 9.17) is 9.52 Å². The molecule has 0 spiro atoms. The fourth-order valence-electron chi connectivity index (χ4n) is 1.42. The first-order chi connectivity index (χ1) is 7.50. The molecule has 84 valence electrons. The molecular weight excluding hydrogens is 210 g/mol. The van der Waals surface area contributed by atoms with E-state index in [1.807, 2.05) is 0 Å². The molecule has 6 nitrogen and oxygen atoms in total. The molecule has 2 aromatic rings. The number of hydrogen-bond acceptors (Lipinski definition) is 4. The molecule has 0 aliphatic heterocycles. The summed E-state index contributed by atoms with van der Waals surface area (Å²) in [4.78, 5) is 15.1. The minimum atomic E-state index is -1.04. The van der Waals surface area contributed by atoms with E-state index < -0.39 is 5.97 Å². The van der Waals surface area contributed by atoms with Crippen molar-refractivity contribution in [3.8, 4) is 11.6 Å². The highest BCUT2D eigenvalue weighted by Gasteiger charge is 2.21. The van der Waals surface area contributed by atoms with E-state index in [9.17, 15) is 4.79 Å². The summed E-state index contributed by atoms with van der Waals surface area (Å²) in [5.74, 6) is -0.0865. The number of carboxylic acids is 1. The van der Waals surface area contributed by atoms with E-state index in [0.29, 0.717) is 11.5 Å². The molecule has 0 aliphatic carbocycles. The van der Waals surface area contributed by atoms with Gasteiger partial charge in [-0.3, -0.25) is 4.68 Å². The average Bonchev–Trinajstić information content (AvgIpc) is 2.71. The number of oxazole rings is 1. The molecule has 0 saturated carbocycles. The van der Waals surface area contributed by atoms with Crippen LogP contribution in [0.3, 0.4) is 0 Å². The van der Waals surface area contributed by atoms with Gasteiger partial charge in [-0.05, 0) is 13.8 Å². The van der Waals surface area contributed by atoms with Crippen LogP contribution in [-0.2, 0) is 7.05 Å². The molecule has 0 fully saturated rings. The number of carbonyl (C=O) groups is 1. The second-order valence-corrected chi connectivity index (χ2v) is 3.50. The highest BCUT2D eigenvalue weighted by Crippen LogP contribution is 2.24. The first-order valence-electron chi connectivity index (χ1n) is 4.70. The van der Waals surface area contributed by atoms with E-state index in [1.54, 1.807) is 20.9 Å². The monoisotopic (exact) mass is 221 g/mol. The highest BCUT2D eigenvalue weighted by molar-refractivity contribution is 5.93. The van der Waals surface area contributed by atoms with Crippen molar-refractivity contribution in [3.05, 3.63) is 23.2 Å². The van der Waals surface area contributed by atoms with Crippen LogP contribution in [0.2, 0.25) is 0 Å². The normalized spacial score (nSPS) is 10.7. The fraction of sp³-hybridized carbons (Fsp3) is 0.300. The smallest absolute Gasteiger partial charge is 0.339 e. The lowest BCUT2D eigenvalue weighted by atomic mass is 10.2. The van der Waals surface area contributed by atoms with Crippen molar-refractivity contribution in [1.29, 1.82) is 0 Å². The van der Waals surface area contributed by atoms with Crippen molar-refractivity contribution in [1.82, 2.24) is 14.8 Å². The zero-order valence-corrected chi connectivity index (χ0v) is 9.18. The van der Waals surface area contributed by atoms with E-state index >= 15 is 0 Å². The van der Waals surface area contributed by atoms with Crippen LogP contribution in [-0.4, -0.2) is 25.8 Å². The minimum absolute atomic E-state index is 0.0868. The zero-order chi connectivity index (χ0) is 11.9. The Morgan fingerprint density at radius 2 is 2.19 bits per heavy atom. The van der Waals surface area contributed by atoms with E-state index in [-0.39, 0.29) is 11.5 Å². The second kappa shape index (κ2) is 3.48. The van der Waals surface area contributed by atoms with Crippen LogP contribution in [0, 0.1) is 13.8 Å². The number of hydrogen-bond donors (Lipinski definition) is 1. The quantitative estimate of drug-likeness (QED) is 0.828. The Bertz CT molecular complexity index is 534. The SMILES string of the molecule is Cc1nc(-c2c(C(=O)O)cnn2C)oc1C. The molecule has 0 unspecified atom stereocenters. The molecule has 0 aliphatic rings. The van der Waals surface area contributed by atoms with Gasteiger partial charge in [0.1, 0.15) is 17.0 Å². The summed E-state index contributed by atoms with van der Waals surface area (Å²) >= 11 is 0. The van der Waals surface area contributed by atoms with Gasteiger partial charge < -0.3 is 9.52 Å². The van der Waals surface area contributed by atoms with Crippen LogP contribution in [0.5, 0.6) is 0 Å². The third-order valence-corrected chi connectivity index (χ3v) is 2.40. The van der Waals surface area contributed by atoms with Crippen molar-refractivity contribution in [3.63, 3.8) is 0 Å². The van der Waals surface area contributed by atoms with Gasteiger partial charge in [-0.2, -0.15) is 5.10 Å². The van der Waals surface area contributed by atoms with Crippen LogP contribution < -0.4 is 0 Å². The molecule has 2 heterocycles. The van der Waals surface area contributed by atoms with Gasteiger partial charge in [0, 0.05) is 7.05 Å². The summed E-state index contributed by atoms with van der Waals surface area (Å²) < 4.78 is 6.83. The van der Waals surface area contributed by atoms with Gasteiger partial charge in [0.15, 0.2) is 0 Å². The maximum atomic E-state index is 11.0. The van der Waals surface area contributed by atoms with E-state index in [2.05, 4.69) is 10.1 Å². The summed E-state index contributed by atoms with van der Waals surface area (Å²) in [5.41, 5.74) is 1.21. The van der Waals surface area contributed by atoms with Gasteiger partial charge in [-0.1, -0.05) is 0 Å². The van der Waals surface area contributed by atoms with Crippen LogP contribution in [0.4, 0.5) is 0 Å². The molecule has 2 aromatic heterocycles. The Morgan fingerprint density at radius 3 is 2.69 bits per heavy atom. The lowest BCUT2D eigenvalue weighted by Gasteiger charge is -1.97. The van der Waals surface area contributed by atoms with Crippen LogP contribution in [0.25, 0.3) is 11.6 Å². The van der Waals surface area contributed by atoms with Gasteiger partial charge in [-0.25, -0.2) is 9.78 Å². The average molecular weight is 221 g/mol. The predicted octanol–water partition coefficient (Wildman–Crippen LogP) is 1.39. The third-order valence-electron chi connectivity index (χ3n) is 2.40. The number of aromatic carboxylic acids is 1. The second-order valence-electron chi connectivity index (χ2n) is 3.50. The van der Waals surface area contributed by atoms with Gasteiger partial charge in [0.05, 0.1) is 11.9 Å². The number of carboxylic acid groups (broad SMARTS) is 1. The molecule has 1 N–H and O–H groups in total. The standard InChI is InChI=1S/C10H11N3O3/c1-5-6(2)16-9(12-5)8-7(10(14)15)4-11-13(8)3/h4H,1-3H3,(H,14,15). The summed E-state index contributed by atoms with van der Waals surface area (Å²) in [5, 5.41) is 12.9. The number of nitrogens with zero attached hydrogens (tertiary/aromatic N) is 3. The molecule has 2 rings (SSSR count). The first kappa shape index (κ1) is 10.4. The van der Waals surface area contributed by atoms with Crippen molar-refractivity contribution < 1.29 is 14.3 Å². The van der Waals surface area contributed by atoms with Crippen molar-refractivity contribution >= 4 is 5.97 Å². The van der Waals surface area contributed by atoms with Gasteiger partial charge >= 0.3 is 5.97 Å². The van der Waals surface area contributed by atoms with Crippen molar-refractivity contribution in [2.24, 2.45) is 7.05 Å². The Kier molecular flexibility index (Phi) is 2.26. The molecule has 0 amide bonds. The molecule has 0 atom stereocenters. The molecule has 0 aromatic carbocycles. The summed E-state index contributed by atoms with van der Waals surface area (Å²) in [6.07, 6.45) is 1.28. The van der Waals surface area contributed by atoms with Crippen molar-refractivity contribution in [2.75, 3.05) is 0 Å². The molecule has 6 heteroatoms. The topological polar surface area (TPSA) is 81.1 Å². The maximum Gasteiger partial charge on any atom is 0.339 e. The summed E-state index contributed by atoms with van der Waals surface area (Å²) in [6.45, 7) is 3.59. The summed E-state index contributed by atoms with van der Waals surface area (Å²) in [6, 6.07) is 0. The molecule has 0 bridgehead atoms. The van der Waals surface area contributed by atoms with E-state index in [0.717, 1.165) is 5.69 Å². The number of rotatable bonds is 2. The van der Waals surface area contributed by atoms with Crippen LogP contribution in [0.1, 0.15) is 21.8 Å². The van der Waals surface area contributed by atoms with Crippen LogP contribution >= 0.6 is 0 Å². The Labute approximate surface area is 91.5 Å².